The van der Waals surface area contributed by atoms with E-state index >= 15 is 0 Å². The molecule has 0 saturated carbocycles. The summed E-state index contributed by atoms with van der Waals surface area (Å²) in [5.74, 6) is -0.907. The minimum Gasteiger partial charge on any atom is -0.496 e. The number of nitrogens with two attached hydrogens (primary N) is 1. The molecule has 0 heterocycles. The highest BCUT2D eigenvalue weighted by Gasteiger charge is 2.12. The zero-order valence-corrected chi connectivity index (χ0v) is 15.6. The Morgan fingerprint density at radius 2 is 1.56 bits per heavy atom. The molecule has 3 nitrogen and oxygen atoms in total. The maximum Gasteiger partial charge on any atom is 0.162 e. The third-order valence-corrected chi connectivity index (χ3v) is 4.04. The van der Waals surface area contributed by atoms with Crippen molar-refractivity contribution in [2.24, 2.45) is 5.73 Å². The van der Waals surface area contributed by atoms with Gasteiger partial charge in [0.25, 0.3) is 0 Å². The third kappa shape index (κ3) is 4.96. The Labute approximate surface area is 163 Å². The number of halogens is 3. The molecule has 0 aliphatic carbocycles. The molecule has 27 heavy (non-hydrogen) atoms. The minimum atomic E-state index is -0.940. The van der Waals surface area contributed by atoms with Gasteiger partial charge in [-0.15, -0.1) is 12.4 Å². The van der Waals surface area contributed by atoms with Gasteiger partial charge in [-0.25, -0.2) is 8.78 Å². The smallest absolute Gasteiger partial charge is 0.162 e. The summed E-state index contributed by atoms with van der Waals surface area (Å²) in [6, 6.07) is 17.2. The van der Waals surface area contributed by atoms with Crippen LogP contribution in [0.15, 0.2) is 60.7 Å². The lowest BCUT2D eigenvalue weighted by Gasteiger charge is -2.11. The second-order valence-electron chi connectivity index (χ2n) is 5.80. The van der Waals surface area contributed by atoms with E-state index in [0.717, 1.165) is 23.3 Å². The molecule has 0 radical (unpaired) electrons. The van der Waals surface area contributed by atoms with E-state index in [9.17, 15) is 8.78 Å². The van der Waals surface area contributed by atoms with Crippen LogP contribution in [0.3, 0.4) is 0 Å². The highest BCUT2D eigenvalue weighted by Crippen LogP contribution is 2.33. The van der Waals surface area contributed by atoms with Crippen molar-refractivity contribution in [2.45, 2.75) is 13.2 Å². The van der Waals surface area contributed by atoms with Crippen molar-refractivity contribution in [3.63, 3.8) is 0 Å². The molecule has 0 aromatic heterocycles. The van der Waals surface area contributed by atoms with Gasteiger partial charge in [0, 0.05) is 18.2 Å². The Bertz CT molecular complexity index is 901. The summed E-state index contributed by atoms with van der Waals surface area (Å²) >= 11 is 0. The second-order valence-corrected chi connectivity index (χ2v) is 5.80. The van der Waals surface area contributed by atoms with E-state index in [1.165, 1.54) is 7.11 Å². The van der Waals surface area contributed by atoms with E-state index in [4.69, 9.17) is 15.2 Å². The zero-order valence-electron chi connectivity index (χ0n) is 14.7. The van der Waals surface area contributed by atoms with E-state index in [1.807, 2.05) is 24.3 Å². The molecular formula is C21H20ClF2NO2. The van der Waals surface area contributed by atoms with E-state index < -0.39 is 11.6 Å². The third-order valence-electron chi connectivity index (χ3n) is 4.04. The van der Waals surface area contributed by atoms with Crippen molar-refractivity contribution in [1.82, 2.24) is 0 Å². The Kier molecular flexibility index (Phi) is 7.16. The monoisotopic (exact) mass is 391 g/mol. The van der Waals surface area contributed by atoms with Gasteiger partial charge in [-0.3, -0.25) is 0 Å². The Morgan fingerprint density at radius 3 is 2.22 bits per heavy atom. The van der Waals surface area contributed by atoms with Crippen molar-refractivity contribution in [3.05, 3.63) is 83.4 Å². The van der Waals surface area contributed by atoms with Crippen molar-refractivity contribution < 1.29 is 18.3 Å². The number of hydrogen-bond donors (Lipinski definition) is 1. The molecule has 142 valence electrons. The molecule has 0 fully saturated rings. The molecule has 0 atom stereocenters. The van der Waals surface area contributed by atoms with E-state index in [1.54, 1.807) is 24.3 Å². The highest BCUT2D eigenvalue weighted by atomic mass is 35.5. The van der Waals surface area contributed by atoms with Crippen molar-refractivity contribution >= 4 is 12.4 Å². The number of methoxy groups -OCH3 is 1. The van der Waals surface area contributed by atoms with Crippen LogP contribution in [-0.2, 0) is 13.2 Å². The maximum atomic E-state index is 13.6. The lowest BCUT2D eigenvalue weighted by atomic mass is 10.0. The van der Waals surface area contributed by atoms with Crippen molar-refractivity contribution in [1.29, 1.82) is 0 Å². The van der Waals surface area contributed by atoms with Gasteiger partial charge in [0.2, 0.25) is 0 Å². The van der Waals surface area contributed by atoms with Crippen LogP contribution in [0.4, 0.5) is 8.78 Å². The first-order chi connectivity index (χ1) is 12.6. The van der Waals surface area contributed by atoms with Crippen LogP contribution >= 0.6 is 12.4 Å². The average molecular weight is 392 g/mol. The number of hydrogen-bond acceptors (Lipinski definition) is 3. The molecular weight excluding hydrogens is 372 g/mol. The summed E-state index contributed by atoms with van der Waals surface area (Å²) in [4.78, 5) is 0. The molecule has 3 aromatic rings. The van der Waals surface area contributed by atoms with Crippen LogP contribution in [0.1, 0.15) is 11.1 Å². The molecule has 0 saturated heterocycles. The number of ether oxygens (including phenoxy) is 2. The van der Waals surface area contributed by atoms with Crippen LogP contribution in [0.25, 0.3) is 11.1 Å². The first-order valence-electron chi connectivity index (χ1n) is 8.15. The Hall–Kier alpha value is -2.63. The molecule has 0 spiro atoms. The zero-order chi connectivity index (χ0) is 18.5. The molecule has 0 aliphatic rings. The summed E-state index contributed by atoms with van der Waals surface area (Å²) < 4.78 is 37.8. The fourth-order valence-electron chi connectivity index (χ4n) is 2.67. The van der Waals surface area contributed by atoms with Gasteiger partial charge in [0.05, 0.1) is 7.11 Å². The van der Waals surface area contributed by atoms with Crippen LogP contribution in [0.2, 0.25) is 0 Å². The van der Waals surface area contributed by atoms with Crippen LogP contribution < -0.4 is 15.2 Å². The fraction of sp³-hybridized carbons (Fsp3) is 0.143. The van der Waals surface area contributed by atoms with Gasteiger partial charge in [-0.05, 0) is 34.9 Å². The minimum absolute atomic E-state index is 0. The van der Waals surface area contributed by atoms with Crippen molar-refractivity contribution in [3.8, 4) is 22.6 Å². The first kappa shape index (κ1) is 20.7. The largest absolute Gasteiger partial charge is 0.496 e. The van der Waals surface area contributed by atoms with Crippen LogP contribution in [0.5, 0.6) is 11.5 Å². The molecule has 0 bridgehead atoms. The summed E-state index contributed by atoms with van der Waals surface area (Å²) in [7, 11) is 1.42. The van der Waals surface area contributed by atoms with E-state index in [0.29, 0.717) is 30.0 Å². The standard InChI is InChI=1S/C21H19F2NO2.ClH/c1-25-21-11-20(23)19(22)10-18(21)16-5-7-17(8-6-16)26-13-15-4-2-3-14(9-15)12-24;/h2-11H,12-13,24H2,1H3;1H. The van der Waals surface area contributed by atoms with Gasteiger partial charge in [0.1, 0.15) is 18.1 Å². The molecule has 0 aliphatic heterocycles. The SMILES string of the molecule is COc1cc(F)c(F)cc1-c1ccc(OCc2cccc(CN)c2)cc1.Cl. The van der Waals surface area contributed by atoms with Crippen LogP contribution in [-0.4, -0.2) is 7.11 Å². The van der Waals surface area contributed by atoms with E-state index in [2.05, 4.69) is 0 Å². The molecule has 0 unspecified atom stereocenters. The summed E-state index contributed by atoms with van der Waals surface area (Å²) in [6.45, 7) is 0.903. The average Bonchev–Trinajstić information content (AvgIpc) is 2.68. The van der Waals surface area contributed by atoms with Gasteiger partial charge in [-0.2, -0.15) is 0 Å². The normalized spacial score (nSPS) is 10.2. The maximum absolute atomic E-state index is 13.6. The quantitative estimate of drug-likeness (QED) is 0.635. The lowest BCUT2D eigenvalue weighted by molar-refractivity contribution is 0.306. The predicted molar refractivity (Wildman–Crippen MR) is 104 cm³/mol. The molecule has 2 N–H and O–H groups in total. The summed E-state index contributed by atoms with van der Waals surface area (Å²) in [5, 5.41) is 0. The number of benzene rings is 3. The molecule has 3 aromatic carbocycles. The molecule has 3 rings (SSSR count). The highest BCUT2D eigenvalue weighted by molar-refractivity contribution is 5.85. The first-order valence-corrected chi connectivity index (χ1v) is 8.15. The fourth-order valence-corrected chi connectivity index (χ4v) is 2.67. The van der Waals surface area contributed by atoms with Crippen molar-refractivity contribution in [2.75, 3.05) is 7.11 Å². The topological polar surface area (TPSA) is 44.5 Å². The van der Waals surface area contributed by atoms with Crippen LogP contribution in [0, 0.1) is 11.6 Å². The Balaban J connectivity index is 0.00000261. The predicted octanol–water partition coefficient (Wildman–Crippen LogP) is 5.10. The van der Waals surface area contributed by atoms with E-state index in [-0.39, 0.29) is 18.2 Å². The van der Waals surface area contributed by atoms with Gasteiger partial charge in [0.15, 0.2) is 11.6 Å². The summed E-state index contributed by atoms with van der Waals surface area (Å²) in [6.07, 6.45) is 0. The second kappa shape index (κ2) is 9.35. The summed E-state index contributed by atoms with van der Waals surface area (Å²) in [5.41, 5.74) is 8.90. The van der Waals surface area contributed by atoms with Gasteiger partial charge < -0.3 is 15.2 Å². The number of rotatable bonds is 6. The lowest BCUT2D eigenvalue weighted by Crippen LogP contribution is -2.00. The van der Waals surface area contributed by atoms with Gasteiger partial charge >= 0.3 is 0 Å². The Morgan fingerprint density at radius 1 is 0.889 bits per heavy atom. The molecule has 6 heteroatoms. The van der Waals surface area contributed by atoms with Gasteiger partial charge in [-0.1, -0.05) is 36.4 Å². The molecule has 0 amide bonds.